The van der Waals surface area contributed by atoms with E-state index in [-0.39, 0.29) is 12.5 Å². The Morgan fingerprint density at radius 2 is 1.68 bits per heavy atom. The number of ether oxygens (including phenoxy) is 4. The zero-order chi connectivity index (χ0) is 28.6. The monoisotopic (exact) mass is 556 g/mol. The summed E-state index contributed by atoms with van der Waals surface area (Å²) in [6, 6.07) is 24.6. The van der Waals surface area contributed by atoms with Gasteiger partial charge in [0.05, 0.1) is 0 Å². The molecule has 10 nitrogen and oxygen atoms in total. The number of hydrogen-bond acceptors (Lipinski definition) is 8. The molecule has 4 N–H and O–H groups in total. The molecule has 210 valence electrons. The van der Waals surface area contributed by atoms with E-state index in [9.17, 15) is 14.7 Å². The third-order valence-corrected chi connectivity index (χ3v) is 6.46. The van der Waals surface area contributed by atoms with Crippen LogP contribution in [0.1, 0.15) is 24.5 Å². The molecule has 0 saturated carbocycles. The second-order valence-electron chi connectivity index (χ2n) is 9.16. The fourth-order valence-corrected chi connectivity index (χ4v) is 4.57. The first kappa shape index (κ1) is 27.4. The van der Waals surface area contributed by atoms with Crippen LogP contribution in [0.3, 0.4) is 0 Å². The number of benzene rings is 4. The molecule has 0 unspecified atom stereocenters. The Morgan fingerprint density at radius 3 is 2.49 bits per heavy atom. The minimum atomic E-state index is -0.935. The Labute approximate surface area is 235 Å². The molecule has 0 aromatic heterocycles. The van der Waals surface area contributed by atoms with Crippen molar-refractivity contribution >= 4 is 28.5 Å². The zero-order valence-corrected chi connectivity index (χ0v) is 21.9. The van der Waals surface area contributed by atoms with E-state index in [2.05, 4.69) is 5.32 Å². The molecule has 1 aliphatic heterocycles. The van der Waals surface area contributed by atoms with E-state index >= 15 is 0 Å². The van der Waals surface area contributed by atoms with Gasteiger partial charge in [-0.25, -0.2) is 10.3 Å². The number of anilines is 1. The van der Waals surface area contributed by atoms with E-state index in [0.717, 1.165) is 0 Å². The molecule has 10 heteroatoms. The second-order valence-corrected chi connectivity index (χ2v) is 9.16. The molecule has 5 rings (SSSR count). The van der Waals surface area contributed by atoms with Gasteiger partial charge in [0.1, 0.15) is 17.6 Å². The van der Waals surface area contributed by atoms with Gasteiger partial charge in [-0.15, -0.1) is 0 Å². The number of carbonyl (C=O) groups excluding carboxylic acids is 2. The van der Waals surface area contributed by atoms with Gasteiger partial charge in [-0.2, -0.15) is 0 Å². The topological polar surface area (TPSA) is 136 Å². The highest BCUT2D eigenvalue weighted by atomic mass is 16.7. The van der Waals surface area contributed by atoms with Gasteiger partial charge in [-0.1, -0.05) is 54.6 Å². The lowest BCUT2D eigenvalue weighted by Crippen LogP contribution is -2.31. The Hall–Kier alpha value is -5.22. The average molecular weight is 557 g/mol. The van der Waals surface area contributed by atoms with Gasteiger partial charge in [0, 0.05) is 28.8 Å². The van der Waals surface area contributed by atoms with Crippen LogP contribution in [0.25, 0.3) is 10.8 Å². The number of hydroxylamine groups is 1. The van der Waals surface area contributed by atoms with E-state index in [4.69, 9.17) is 24.2 Å². The Morgan fingerprint density at radius 1 is 0.927 bits per heavy atom. The number of carbonyl (C=O) groups is 2. The summed E-state index contributed by atoms with van der Waals surface area (Å²) in [5, 5.41) is 23.3. The third-order valence-electron chi connectivity index (χ3n) is 6.46. The molecule has 4 aromatic rings. The molecule has 1 heterocycles. The third kappa shape index (κ3) is 6.68. The number of allylic oxidation sites excluding steroid dienone is 1. The van der Waals surface area contributed by atoms with Crippen molar-refractivity contribution in [3.05, 3.63) is 103 Å². The number of phenolic OH excluding ortho intramolecular Hbond substituents is 1. The van der Waals surface area contributed by atoms with Crippen molar-refractivity contribution in [1.82, 2.24) is 5.48 Å². The molecule has 4 aromatic carbocycles. The van der Waals surface area contributed by atoms with Crippen LogP contribution in [-0.4, -0.2) is 35.2 Å². The van der Waals surface area contributed by atoms with Gasteiger partial charge in [0.2, 0.25) is 6.79 Å². The highest BCUT2D eigenvalue weighted by molar-refractivity contribution is 5.92. The number of amides is 2. The van der Waals surface area contributed by atoms with Gasteiger partial charge in [-0.3, -0.25) is 15.3 Å². The van der Waals surface area contributed by atoms with Gasteiger partial charge in [0.15, 0.2) is 17.6 Å². The number of hydrogen-bond donors (Lipinski definition) is 4. The summed E-state index contributed by atoms with van der Waals surface area (Å²) in [4.78, 5) is 24.8. The van der Waals surface area contributed by atoms with Crippen molar-refractivity contribution in [3.8, 4) is 23.0 Å². The smallest absolute Gasteiger partial charge is 0.412 e. The SMILES string of the molecule is O=C(/C=C/CC[C@H](Oc1ccccc1)[C@@H](OC(=O)Nc1ccc2c(c1)OCO2)c1ccc(O)c2ccccc12)NO. The minimum absolute atomic E-state index is 0.0892. The molecule has 1 aliphatic rings. The highest BCUT2D eigenvalue weighted by Gasteiger charge is 2.31. The van der Waals surface area contributed by atoms with Crippen LogP contribution in [0.4, 0.5) is 10.5 Å². The van der Waals surface area contributed by atoms with Crippen LogP contribution in [0.5, 0.6) is 23.0 Å². The molecule has 0 bridgehead atoms. The molecule has 0 radical (unpaired) electrons. The maximum absolute atomic E-state index is 13.3. The predicted molar refractivity (Wildman–Crippen MR) is 150 cm³/mol. The molecule has 0 aliphatic carbocycles. The van der Waals surface area contributed by atoms with Gasteiger partial charge in [-0.05, 0) is 48.6 Å². The van der Waals surface area contributed by atoms with E-state index < -0.39 is 24.2 Å². The van der Waals surface area contributed by atoms with Crippen LogP contribution in [0, 0.1) is 0 Å². The van der Waals surface area contributed by atoms with E-state index in [1.807, 2.05) is 36.4 Å². The molecule has 2 atom stereocenters. The summed E-state index contributed by atoms with van der Waals surface area (Å²) in [7, 11) is 0. The standard InChI is InChI=1S/C31H28N2O8/c34-25-16-15-24(22-10-4-5-11-23(22)25)30(41-31(36)32-20-14-17-26-28(18-20)39-19-38-26)27(12-6-7-13-29(35)33-37)40-21-8-2-1-3-9-21/h1-5,7-11,13-18,27,30,34,37H,6,12,19H2,(H,32,36)(H,33,35)/b13-7+/t27-,30-/m0/s1. The lowest BCUT2D eigenvalue weighted by Gasteiger charge is -2.29. The number of aromatic hydroxyl groups is 1. The van der Waals surface area contributed by atoms with Crippen molar-refractivity contribution in [1.29, 1.82) is 0 Å². The Bertz CT molecular complexity index is 1560. The predicted octanol–water partition coefficient (Wildman–Crippen LogP) is 5.85. The normalized spacial score (nSPS) is 13.5. The van der Waals surface area contributed by atoms with Gasteiger partial charge < -0.3 is 24.1 Å². The first-order valence-electron chi connectivity index (χ1n) is 12.9. The van der Waals surface area contributed by atoms with Crippen LogP contribution in [0.2, 0.25) is 0 Å². The maximum Gasteiger partial charge on any atom is 0.412 e. The van der Waals surface area contributed by atoms with E-state index in [1.165, 1.54) is 6.08 Å². The molecule has 41 heavy (non-hydrogen) atoms. The van der Waals surface area contributed by atoms with Crippen LogP contribution >= 0.6 is 0 Å². The summed E-state index contributed by atoms with van der Waals surface area (Å²) in [5.74, 6) is 1.07. The number of phenols is 1. The van der Waals surface area contributed by atoms with Gasteiger partial charge in [0.25, 0.3) is 5.91 Å². The summed E-state index contributed by atoms with van der Waals surface area (Å²) >= 11 is 0. The molecule has 0 fully saturated rings. The van der Waals surface area contributed by atoms with E-state index in [1.54, 1.807) is 60.1 Å². The summed E-state index contributed by atoms with van der Waals surface area (Å²) in [5.41, 5.74) is 2.63. The average Bonchev–Trinajstić information content (AvgIpc) is 3.46. The first-order valence-corrected chi connectivity index (χ1v) is 12.9. The zero-order valence-electron chi connectivity index (χ0n) is 21.9. The van der Waals surface area contributed by atoms with Crippen LogP contribution in [0.15, 0.2) is 97.1 Å². The fraction of sp³-hybridized carbons (Fsp3) is 0.161. The van der Waals surface area contributed by atoms with E-state index in [0.29, 0.717) is 52.1 Å². The quantitative estimate of drug-likeness (QED) is 0.108. The van der Waals surface area contributed by atoms with Crippen LogP contribution < -0.4 is 25.0 Å². The van der Waals surface area contributed by atoms with Crippen molar-refractivity contribution in [2.45, 2.75) is 25.0 Å². The van der Waals surface area contributed by atoms with Gasteiger partial charge >= 0.3 is 6.09 Å². The second kappa shape index (κ2) is 12.8. The first-order chi connectivity index (χ1) is 20.0. The van der Waals surface area contributed by atoms with Crippen molar-refractivity contribution in [3.63, 3.8) is 0 Å². The van der Waals surface area contributed by atoms with Crippen LogP contribution in [-0.2, 0) is 9.53 Å². The molecule has 2 amide bonds. The lowest BCUT2D eigenvalue weighted by molar-refractivity contribution is -0.124. The minimum Gasteiger partial charge on any atom is -0.507 e. The Kier molecular flexibility index (Phi) is 8.51. The number of fused-ring (bicyclic) bond motifs is 2. The summed E-state index contributed by atoms with van der Waals surface area (Å²) < 4.78 is 23.2. The summed E-state index contributed by atoms with van der Waals surface area (Å²) in [6.07, 6.45) is 1.11. The lowest BCUT2D eigenvalue weighted by atomic mass is 9.94. The summed E-state index contributed by atoms with van der Waals surface area (Å²) in [6.45, 7) is 0.103. The number of nitrogens with one attached hydrogen (secondary N) is 2. The molecular formula is C31H28N2O8. The van der Waals surface area contributed by atoms with Crippen molar-refractivity contribution in [2.24, 2.45) is 0 Å². The Balaban J connectivity index is 1.49. The molecular weight excluding hydrogens is 528 g/mol. The number of rotatable bonds is 10. The number of para-hydroxylation sites is 1. The van der Waals surface area contributed by atoms with Crippen molar-refractivity contribution in [2.75, 3.05) is 12.1 Å². The maximum atomic E-state index is 13.3. The van der Waals surface area contributed by atoms with Crippen molar-refractivity contribution < 1.29 is 38.9 Å². The molecule has 0 saturated heterocycles. The largest absolute Gasteiger partial charge is 0.507 e. The highest BCUT2D eigenvalue weighted by Crippen LogP contribution is 2.37. The molecule has 0 spiro atoms. The fourth-order valence-electron chi connectivity index (χ4n) is 4.57.